The molecule has 0 radical (unpaired) electrons. The van der Waals surface area contributed by atoms with E-state index in [4.69, 9.17) is 10.2 Å². The third kappa shape index (κ3) is 4.23. The minimum absolute atomic E-state index is 0.251. The van der Waals surface area contributed by atoms with Crippen LogP contribution in [-0.4, -0.2) is 34.7 Å². The summed E-state index contributed by atoms with van der Waals surface area (Å²) in [6.45, 7) is -0.251. The molecule has 0 aliphatic carbocycles. The zero-order chi connectivity index (χ0) is 15.3. The number of carboxylic acid groups (broad SMARTS) is 1. The first-order valence-corrected chi connectivity index (χ1v) is 5.58. The van der Waals surface area contributed by atoms with E-state index in [0.29, 0.717) is 0 Å². The quantitative estimate of drug-likeness (QED) is 0.762. The van der Waals surface area contributed by atoms with Crippen LogP contribution >= 0.6 is 0 Å². The van der Waals surface area contributed by atoms with Crippen molar-refractivity contribution in [3.63, 3.8) is 0 Å². The average Bonchev–Trinajstić information content (AvgIpc) is 2.37. The molecule has 1 rings (SSSR count). The Kier molecular flexibility index (Phi) is 5.09. The van der Waals surface area contributed by atoms with Crippen molar-refractivity contribution in [2.45, 2.75) is 18.7 Å². The first kappa shape index (κ1) is 16.0. The Hall–Kier alpha value is -2.09. The van der Waals surface area contributed by atoms with Crippen molar-refractivity contribution in [3.05, 3.63) is 35.4 Å². The van der Waals surface area contributed by atoms with Crippen LogP contribution in [0.25, 0.3) is 0 Å². The Balaban J connectivity index is 2.72. The maximum Gasteiger partial charge on any atom is 0.417 e. The number of carbonyl (C=O) groups excluding carboxylic acids is 1. The van der Waals surface area contributed by atoms with Crippen LogP contribution < -0.4 is 5.32 Å². The zero-order valence-electron chi connectivity index (χ0n) is 10.1. The maximum atomic E-state index is 12.7. The Bertz CT molecular complexity index is 502. The molecule has 1 aromatic carbocycles. The first-order valence-electron chi connectivity index (χ1n) is 5.58. The highest BCUT2D eigenvalue weighted by Crippen LogP contribution is 2.31. The molecule has 3 N–H and O–H groups in total. The van der Waals surface area contributed by atoms with Gasteiger partial charge in [-0.15, -0.1) is 0 Å². The second-order valence-electron chi connectivity index (χ2n) is 3.94. The van der Waals surface area contributed by atoms with Gasteiger partial charge in [-0.2, -0.15) is 13.2 Å². The Morgan fingerprint density at radius 2 is 1.85 bits per heavy atom. The Morgan fingerprint density at radius 1 is 1.25 bits per heavy atom. The number of hydrogen-bond acceptors (Lipinski definition) is 3. The van der Waals surface area contributed by atoms with Gasteiger partial charge in [-0.25, -0.2) is 4.79 Å². The van der Waals surface area contributed by atoms with Crippen LogP contribution in [0.4, 0.5) is 13.2 Å². The topological polar surface area (TPSA) is 86.6 Å². The van der Waals surface area contributed by atoms with Gasteiger partial charge in [0.1, 0.15) is 0 Å². The van der Waals surface area contributed by atoms with Crippen LogP contribution in [0, 0.1) is 0 Å². The summed E-state index contributed by atoms with van der Waals surface area (Å²) in [4.78, 5) is 21.9. The van der Waals surface area contributed by atoms with Crippen LogP contribution in [0.15, 0.2) is 24.3 Å². The van der Waals surface area contributed by atoms with E-state index < -0.39 is 35.3 Å². The normalized spacial score (nSPS) is 12.8. The van der Waals surface area contributed by atoms with Gasteiger partial charge in [0.25, 0.3) is 5.91 Å². The lowest BCUT2D eigenvalue weighted by Gasteiger charge is -2.13. The maximum absolute atomic E-state index is 12.7. The van der Waals surface area contributed by atoms with Crippen molar-refractivity contribution in [2.75, 3.05) is 6.54 Å². The van der Waals surface area contributed by atoms with E-state index in [1.54, 1.807) is 0 Å². The number of carbonyl (C=O) groups is 2. The van der Waals surface area contributed by atoms with Crippen molar-refractivity contribution >= 4 is 11.9 Å². The molecule has 0 aliphatic rings. The van der Waals surface area contributed by atoms with Gasteiger partial charge >= 0.3 is 12.1 Å². The summed E-state index contributed by atoms with van der Waals surface area (Å²) in [6.07, 6.45) is -6.63. The van der Waals surface area contributed by atoms with Gasteiger partial charge in [0.15, 0.2) is 6.10 Å². The number of benzene rings is 1. The molecule has 0 saturated heterocycles. The number of rotatable bonds is 5. The highest BCUT2D eigenvalue weighted by Gasteiger charge is 2.34. The van der Waals surface area contributed by atoms with Gasteiger partial charge in [0, 0.05) is 13.0 Å². The molecule has 0 aromatic heterocycles. The molecule has 0 bridgehead atoms. The first-order chi connectivity index (χ1) is 9.23. The number of amides is 1. The number of alkyl halides is 3. The smallest absolute Gasteiger partial charge is 0.417 e. The van der Waals surface area contributed by atoms with E-state index >= 15 is 0 Å². The molecule has 0 fully saturated rings. The van der Waals surface area contributed by atoms with E-state index in [2.05, 4.69) is 5.32 Å². The summed E-state index contributed by atoms with van der Waals surface area (Å²) >= 11 is 0. The van der Waals surface area contributed by atoms with E-state index in [1.165, 1.54) is 6.07 Å². The molecule has 0 spiro atoms. The largest absolute Gasteiger partial charge is 0.479 e. The fourth-order valence-electron chi connectivity index (χ4n) is 1.47. The van der Waals surface area contributed by atoms with Crippen LogP contribution in [0.1, 0.15) is 22.3 Å². The number of halogens is 3. The highest BCUT2D eigenvalue weighted by molar-refractivity contribution is 5.95. The van der Waals surface area contributed by atoms with Crippen LogP contribution in [0.2, 0.25) is 0 Å². The minimum Gasteiger partial charge on any atom is -0.479 e. The number of aliphatic hydroxyl groups is 1. The van der Waals surface area contributed by atoms with Crippen molar-refractivity contribution < 1.29 is 33.0 Å². The van der Waals surface area contributed by atoms with Crippen molar-refractivity contribution in [1.29, 1.82) is 0 Å². The number of aliphatic hydroxyl groups excluding tert-OH is 1. The van der Waals surface area contributed by atoms with Gasteiger partial charge in [-0.05, 0) is 12.1 Å². The molecule has 1 unspecified atom stereocenters. The predicted molar refractivity (Wildman–Crippen MR) is 62.0 cm³/mol. The van der Waals surface area contributed by atoms with Gasteiger partial charge in [-0.1, -0.05) is 12.1 Å². The molecule has 0 saturated carbocycles. The molecule has 1 aromatic rings. The molecule has 0 heterocycles. The molecule has 0 aliphatic heterocycles. The number of nitrogens with one attached hydrogen (secondary N) is 1. The lowest BCUT2D eigenvalue weighted by Crippen LogP contribution is -2.31. The number of aliphatic carboxylic acids is 1. The third-order valence-electron chi connectivity index (χ3n) is 2.47. The van der Waals surface area contributed by atoms with Gasteiger partial charge < -0.3 is 15.5 Å². The summed E-state index contributed by atoms with van der Waals surface area (Å²) in [5, 5.41) is 19.5. The predicted octanol–water partition coefficient (Wildman–Crippen LogP) is 1.27. The van der Waals surface area contributed by atoms with Crippen molar-refractivity contribution in [2.24, 2.45) is 0 Å². The minimum atomic E-state index is -4.66. The van der Waals surface area contributed by atoms with Crippen molar-refractivity contribution in [1.82, 2.24) is 5.32 Å². The summed E-state index contributed by atoms with van der Waals surface area (Å²) in [5.41, 5.74) is -1.62. The zero-order valence-corrected chi connectivity index (χ0v) is 10.1. The lowest BCUT2D eigenvalue weighted by molar-refractivity contribution is -0.146. The standard InChI is InChI=1S/C12H12F3NO4/c13-12(14,15)8-4-2-1-3-7(8)10(18)16-6-5-9(17)11(19)20/h1-4,9,17H,5-6H2,(H,16,18)(H,19,20). The Morgan fingerprint density at radius 3 is 2.40 bits per heavy atom. The summed E-state index contributed by atoms with van der Waals surface area (Å²) in [7, 11) is 0. The van der Waals surface area contributed by atoms with Gasteiger partial charge in [0.2, 0.25) is 0 Å². The second kappa shape index (κ2) is 6.38. The summed E-state index contributed by atoms with van der Waals surface area (Å²) < 4.78 is 38.0. The molecule has 20 heavy (non-hydrogen) atoms. The average molecular weight is 291 g/mol. The SMILES string of the molecule is O=C(NCCC(O)C(=O)O)c1ccccc1C(F)(F)F. The van der Waals surface area contributed by atoms with E-state index in [1.807, 2.05) is 0 Å². The molecule has 1 amide bonds. The van der Waals surface area contributed by atoms with Crippen LogP contribution in [-0.2, 0) is 11.0 Å². The van der Waals surface area contributed by atoms with E-state index in [0.717, 1.165) is 18.2 Å². The van der Waals surface area contributed by atoms with Crippen LogP contribution in [0.3, 0.4) is 0 Å². The fraction of sp³-hybridized carbons (Fsp3) is 0.333. The fourth-order valence-corrected chi connectivity index (χ4v) is 1.47. The third-order valence-corrected chi connectivity index (χ3v) is 2.47. The second-order valence-corrected chi connectivity index (χ2v) is 3.94. The molecule has 1 atom stereocenters. The van der Waals surface area contributed by atoms with E-state index in [9.17, 15) is 22.8 Å². The molecular weight excluding hydrogens is 279 g/mol. The number of hydrogen-bond donors (Lipinski definition) is 3. The lowest BCUT2D eigenvalue weighted by atomic mass is 10.1. The summed E-state index contributed by atoms with van der Waals surface area (Å²) in [6, 6.07) is 4.25. The monoisotopic (exact) mass is 291 g/mol. The number of carboxylic acids is 1. The van der Waals surface area contributed by atoms with E-state index in [-0.39, 0.29) is 13.0 Å². The molecule has 8 heteroatoms. The summed E-state index contributed by atoms with van der Waals surface area (Å²) in [5.74, 6) is -2.44. The molecular formula is C12H12F3NO4. The van der Waals surface area contributed by atoms with Crippen molar-refractivity contribution in [3.8, 4) is 0 Å². The molecule has 5 nitrogen and oxygen atoms in total. The Labute approximate surface area is 112 Å². The van der Waals surface area contributed by atoms with Gasteiger partial charge in [-0.3, -0.25) is 4.79 Å². The highest BCUT2D eigenvalue weighted by atomic mass is 19.4. The van der Waals surface area contributed by atoms with Crippen LogP contribution in [0.5, 0.6) is 0 Å². The molecule has 110 valence electrons. The van der Waals surface area contributed by atoms with Gasteiger partial charge in [0.05, 0.1) is 11.1 Å².